The molecule has 0 unspecified atom stereocenters. The van der Waals surface area contributed by atoms with E-state index in [4.69, 9.17) is 21.1 Å². The summed E-state index contributed by atoms with van der Waals surface area (Å²) >= 11 is 6.39. The number of sulfonamides is 1. The number of benzene rings is 2. The summed E-state index contributed by atoms with van der Waals surface area (Å²) in [7, 11) is -4.16. The third kappa shape index (κ3) is 9.00. The lowest BCUT2D eigenvalue weighted by Gasteiger charge is -2.30. The molecule has 16 heteroatoms. The molecule has 3 heterocycles. The molecule has 5 atom stereocenters. The molecule has 312 valence electrons. The molecule has 0 aromatic heterocycles. The van der Waals surface area contributed by atoms with E-state index in [1.54, 1.807) is 26.8 Å². The monoisotopic (exact) mass is 837 g/mol. The molecule has 2 aromatic carbocycles. The van der Waals surface area contributed by atoms with Gasteiger partial charge in [-0.1, -0.05) is 79.1 Å². The molecule has 3 N–H and O–H groups in total. The van der Waals surface area contributed by atoms with Gasteiger partial charge in [0, 0.05) is 23.9 Å². The number of nitrogens with one attached hydrogen (secondary N) is 3. The molecular weight excluding hydrogens is 786 g/mol. The maximum Gasteiger partial charge on any atom is 0.410 e. The van der Waals surface area contributed by atoms with Crippen LogP contribution < -0.4 is 15.4 Å². The highest BCUT2D eigenvalue weighted by Crippen LogP contribution is 2.49. The Bertz CT molecular complexity index is 2090. The molecule has 3 fully saturated rings. The Kier molecular flexibility index (Phi) is 11.6. The predicted molar refractivity (Wildman–Crippen MR) is 215 cm³/mol. The van der Waals surface area contributed by atoms with Crippen LogP contribution in [0.3, 0.4) is 0 Å². The highest BCUT2D eigenvalue weighted by atomic mass is 35.5. The summed E-state index contributed by atoms with van der Waals surface area (Å²) in [6, 6.07) is 12.4. The second kappa shape index (κ2) is 16.2. The van der Waals surface area contributed by atoms with Crippen molar-refractivity contribution in [3.8, 4) is 0 Å². The zero-order chi connectivity index (χ0) is 41.5. The lowest BCUT2D eigenvalue weighted by Crippen LogP contribution is -2.59. The molecule has 0 bridgehead atoms. The first-order chi connectivity index (χ1) is 27.5. The molecule has 14 nitrogen and oxygen atoms in total. The van der Waals surface area contributed by atoms with Crippen molar-refractivity contribution < 1.29 is 41.9 Å². The summed E-state index contributed by atoms with van der Waals surface area (Å²) in [5.41, 5.74) is 0.113. The molecule has 5 amide bonds. The van der Waals surface area contributed by atoms with Gasteiger partial charge < -0.3 is 25.0 Å². The van der Waals surface area contributed by atoms with Crippen molar-refractivity contribution in [1.82, 2.24) is 25.2 Å². The van der Waals surface area contributed by atoms with E-state index in [1.807, 2.05) is 54.6 Å². The van der Waals surface area contributed by atoms with Crippen LogP contribution in [0.4, 0.5) is 9.59 Å². The van der Waals surface area contributed by atoms with Crippen LogP contribution in [0.1, 0.15) is 95.2 Å². The summed E-state index contributed by atoms with van der Waals surface area (Å²) in [4.78, 5) is 72.5. The van der Waals surface area contributed by atoms with Crippen LogP contribution >= 0.6 is 11.6 Å². The fourth-order valence-corrected chi connectivity index (χ4v) is 10.2. The number of hydrogen-bond acceptors (Lipinski definition) is 9. The molecule has 2 aliphatic carbocycles. The second-order valence-electron chi connectivity index (χ2n) is 17.3. The van der Waals surface area contributed by atoms with Crippen molar-refractivity contribution in [3.63, 3.8) is 0 Å². The van der Waals surface area contributed by atoms with Crippen molar-refractivity contribution in [1.29, 1.82) is 0 Å². The minimum atomic E-state index is -4.16. The van der Waals surface area contributed by atoms with Crippen LogP contribution in [0.2, 0.25) is 5.02 Å². The number of alkyl carbamates (subject to hydrolysis) is 1. The van der Waals surface area contributed by atoms with Crippen molar-refractivity contribution in [2.24, 2.45) is 5.92 Å². The van der Waals surface area contributed by atoms with Gasteiger partial charge in [-0.3, -0.25) is 24.0 Å². The average molecular weight is 838 g/mol. The summed E-state index contributed by atoms with van der Waals surface area (Å²) in [6.45, 7) is 5.48. The Balaban J connectivity index is 1.13. The van der Waals surface area contributed by atoms with Gasteiger partial charge in [0.25, 0.3) is 5.91 Å². The molecule has 7 rings (SSSR count). The fourth-order valence-electron chi connectivity index (χ4n) is 8.31. The standard InChI is InChI=1S/C42H52ClN5O9S/c1-40(2,3)57-38(52)44-33-18-11-6-4-5-10-16-29-23-42(29,37(51)46-58(54,55)41(19-20-41)22-27-13-8-7-9-14-27)45-35(49)34-21-30(25-48(34)36(33)50)56-39(53)47-24-28-15-12-17-32(43)31(28)26-47/h7-10,12-17,29-30,33-34H,4-6,11,18-26H2,1-3H3,(H,44,52)(H,45,49)(H,46,51)/b16-10-/t29-,30-,33+,34+,42-/m1/s1. The Morgan fingerprint density at radius 1 is 1.00 bits per heavy atom. The van der Waals surface area contributed by atoms with Gasteiger partial charge in [0.2, 0.25) is 21.8 Å². The van der Waals surface area contributed by atoms with Gasteiger partial charge >= 0.3 is 12.2 Å². The number of halogens is 1. The Morgan fingerprint density at radius 3 is 2.47 bits per heavy atom. The van der Waals surface area contributed by atoms with E-state index in [0.717, 1.165) is 29.5 Å². The fraction of sp³-hybridized carbons (Fsp3) is 0.548. The SMILES string of the molecule is CC(C)(C)OC(=O)N[C@H]1CCCCC/C=C\[C@@H]2C[C@@]2(C(=O)NS(=O)(=O)C2(Cc3ccccc3)CC2)NC(=O)[C@@H]2C[C@@H](OC(=O)N3Cc4cccc(Cl)c4C3)CN2C1=O. The van der Waals surface area contributed by atoms with Gasteiger partial charge in [-0.25, -0.2) is 18.0 Å². The minimum Gasteiger partial charge on any atom is -0.444 e. The second-order valence-corrected chi connectivity index (χ2v) is 19.8. The molecular formula is C42H52ClN5O9S. The largest absolute Gasteiger partial charge is 0.444 e. The van der Waals surface area contributed by atoms with E-state index < -0.39 is 79.9 Å². The lowest BCUT2D eigenvalue weighted by atomic mass is 10.0. The van der Waals surface area contributed by atoms with Crippen molar-refractivity contribution >= 4 is 51.5 Å². The Labute approximate surface area is 344 Å². The van der Waals surface area contributed by atoms with E-state index in [-0.39, 0.29) is 45.3 Å². The number of hydrogen-bond donors (Lipinski definition) is 3. The van der Waals surface area contributed by atoms with Crippen LogP contribution in [-0.2, 0) is 53.4 Å². The van der Waals surface area contributed by atoms with Gasteiger partial charge in [-0.05, 0) is 88.5 Å². The molecule has 2 saturated carbocycles. The van der Waals surface area contributed by atoms with E-state index in [0.29, 0.717) is 30.7 Å². The molecule has 58 heavy (non-hydrogen) atoms. The first kappa shape index (κ1) is 41.5. The van der Waals surface area contributed by atoms with Gasteiger partial charge in [0.15, 0.2) is 0 Å². The maximum atomic E-state index is 14.5. The number of carbonyl (C=O) groups is 5. The molecule has 2 aromatic rings. The summed E-state index contributed by atoms with van der Waals surface area (Å²) in [6.07, 6.45) is 5.50. The zero-order valence-electron chi connectivity index (χ0n) is 33.1. The van der Waals surface area contributed by atoms with E-state index in [1.165, 1.54) is 9.80 Å². The van der Waals surface area contributed by atoms with Crippen LogP contribution in [0.5, 0.6) is 0 Å². The lowest BCUT2D eigenvalue weighted by molar-refractivity contribution is -0.141. The number of carbonyl (C=O) groups excluding carboxylic acids is 5. The number of fused-ring (bicyclic) bond motifs is 3. The van der Waals surface area contributed by atoms with Crippen molar-refractivity contribution in [2.75, 3.05) is 6.54 Å². The normalized spacial score (nSPS) is 27.4. The zero-order valence-corrected chi connectivity index (χ0v) is 34.7. The number of ether oxygens (including phenoxy) is 2. The first-order valence-corrected chi connectivity index (χ1v) is 22.0. The van der Waals surface area contributed by atoms with Crippen molar-refractivity contribution in [3.05, 3.63) is 82.4 Å². The van der Waals surface area contributed by atoms with E-state index in [2.05, 4.69) is 15.4 Å². The van der Waals surface area contributed by atoms with Crippen LogP contribution in [-0.4, -0.2) is 88.7 Å². The summed E-state index contributed by atoms with van der Waals surface area (Å²) < 4.78 is 40.4. The van der Waals surface area contributed by atoms with Crippen LogP contribution in [0.15, 0.2) is 60.7 Å². The van der Waals surface area contributed by atoms with Crippen molar-refractivity contribution in [2.45, 2.75) is 132 Å². The van der Waals surface area contributed by atoms with Gasteiger partial charge in [-0.2, -0.15) is 0 Å². The number of allylic oxidation sites excluding steroid dienone is 1. The van der Waals surface area contributed by atoms with E-state index >= 15 is 0 Å². The highest BCUT2D eigenvalue weighted by molar-refractivity contribution is 7.91. The van der Waals surface area contributed by atoms with Gasteiger partial charge in [0.1, 0.15) is 29.3 Å². The minimum absolute atomic E-state index is 0.0965. The predicted octanol–water partition coefficient (Wildman–Crippen LogP) is 5.27. The molecule has 0 spiro atoms. The van der Waals surface area contributed by atoms with Gasteiger partial charge in [0.05, 0.1) is 17.8 Å². The summed E-state index contributed by atoms with van der Waals surface area (Å²) in [5, 5.41) is 6.11. The molecule has 3 aliphatic heterocycles. The van der Waals surface area contributed by atoms with Crippen LogP contribution in [0, 0.1) is 5.92 Å². The quantitative estimate of drug-likeness (QED) is 0.313. The molecule has 5 aliphatic rings. The Morgan fingerprint density at radius 2 is 1.76 bits per heavy atom. The number of rotatable bonds is 7. The van der Waals surface area contributed by atoms with Crippen LogP contribution in [0.25, 0.3) is 0 Å². The Hall–Kier alpha value is -4.63. The number of amides is 5. The maximum absolute atomic E-state index is 14.5. The smallest absolute Gasteiger partial charge is 0.410 e. The third-order valence-electron chi connectivity index (χ3n) is 11.8. The first-order valence-electron chi connectivity index (χ1n) is 20.1. The average Bonchev–Trinajstić information content (AvgIpc) is 3.98. The topological polar surface area (TPSA) is 181 Å². The number of nitrogens with zero attached hydrogens (tertiary/aromatic N) is 2. The highest BCUT2D eigenvalue weighted by Gasteiger charge is 2.64. The van der Waals surface area contributed by atoms with Gasteiger partial charge in [-0.15, -0.1) is 0 Å². The van der Waals surface area contributed by atoms with E-state index in [9.17, 15) is 32.4 Å². The third-order valence-corrected chi connectivity index (χ3v) is 14.3. The summed E-state index contributed by atoms with van der Waals surface area (Å²) in [5.74, 6) is -2.60. The molecule has 1 saturated heterocycles. The molecule has 0 radical (unpaired) electrons.